The first-order chi connectivity index (χ1) is 9.56. The van der Waals surface area contributed by atoms with Gasteiger partial charge in [-0.3, -0.25) is 0 Å². The van der Waals surface area contributed by atoms with Gasteiger partial charge in [-0.1, -0.05) is 0 Å². The number of anilines is 3. The molecule has 0 aliphatic heterocycles. The standard InChI is InChI=1S/C15H20N4O/c1-10(2)20-13-7-5-12(6-8-13)19-15-9-14(16-4)17-11(3)18-15/h5-10H,1-4H3,(H2,16,17,18,19). The van der Waals surface area contributed by atoms with E-state index in [-0.39, 0.29) is 6.10 Å². The zero-order valence-corrected chi connectivity index (χ0v) is 12.3. The van der Waals surface area contributed by atoms with Crippen LogP contribution in [0.1, 0.15) is 19.7 Å². The van der Waals surface area contributed by atoms with Crippen molar-refractivity contribution in [1.29, 1.82) is 0 Å². The van der Waals surface area contributed by atoms with Gasteiger partial charge in [0.2, 0.25) is 0 Å². The molecule has 0 atom stereocenters. The summed E-state index contributed by atoms with van der Waals surface area (Å²) in [6.07, 6.45) is 0.177. The van der Waals surface area contributed by atoms with Crippen LogP contribution in [0.5, 0.6) is 5.75 Å². The van der Waals surface area contributed by atoms with Crippen LogP contribution in [-0.4, -0.2) is 23.1 Å². The summed E-state index contributed by atoms with van der Waals surface area (Å²) in [7, 11) is 1.84. The molecule has 0 fully saturated rings. The topological polar surface area (TPSA) is 59.1 Å². The maximum atomic E-state index is 5.61. The van der Waals surface area contributed by atoms with E-state index in [2.05, 4.69) is 20.6 Å². The van der Waals surface area contributed by atoms with Crippen LogP contribution in [0.15, 0.2) is 30.3 Å². The van der Waals surface area contributed by atoms with Crippen molar-refractivity contribution in [3.05, 3.63) is 36.2 Å². The first kappa shape index (κ1) is 14.1. The molecule has 0 aliphatic rings. The van der Waals surface area contributed by atoms with E-state index in [9.17, 15) is 0 Å². The van der Waals surface area contributed by atoms with E-state index in [0.29, 0.717) is 0 Å². The Labute approximate surface area is 119 Å². The molecule has 0 amide bonds. The minimum absolute atomic E-state index is 0.177. The predicted molar refractivity (Wildman–Crippen MR) is 81.8 cm³/mol. The van der Waals surface area contributed by atoms with Crippen LogP contribution < -0.4 is 15.4 Å². The molecule has 106 valence electrons. The highest BCUT2D eigenvalue weighted by molar-refractivity contribution is 5.59. The number of benzene rings is 1. The third-order valence-corrected chi connectivity index (χ3v) is 2.59. The van der Waals surface area contributed by atoms with E-state index in [1.165, 1.54) is 0 Å². The van der Waals surface area contributed by atoms with Crippen molar-refractivity contribution < 1.29 is 4.74 Å². The lowest BCUT2D eigenvalue weighted by atomic mass is 10.3. The fraction of sp³-hybridized carbons (Fsp3) is 0.333. The van der Waals surface area contributed by atoms with Crippen molar-refractivity contribution in [3.63, 3.8) is 0 Å². The second-order valence-electron chi connectivity index (χ2n) is 4.75. The van der Waals surface area contributed by atoms with Crippen LogP contribution in [-0.2, 0) is 0 Å². The lowest BCUT2D eigenvalue weighted by Gasteiger charge is -2.11. The van der Waals surface area contributed by atoms with Crippen molar-refractivity contribution >= 4 is 17.3 Å². The summed E-state index contributed by atoms with van der Waals surface area (Å²) in [5, 5.41) is 6.27. The molecule has 0 unspecified atom stereocenters. The van der Waals surface area contributed by atoms with Crippen molar-refractivity contribution in [2.24, 2.45) is 0 Å². The number of aryl methyl sites for hydroxylation is 1. The SMILES string of the molecule is CNc1cc(Nc2ccc(OC(C)C)cc2)nc(C)n1. The van der Waals surface area contributed by atoms with Gasteiger partial charge in [0, 0.05) is 18.8 Å². The van der Waals surface area contributed by atoms with Crippen LogP contribution in [0.3, 0.4) is 0 Å². The largest absolute Gasteiger partial charge is 0.491 e. The van der Waals surface area contributed by atoms with Crippen molar-refractivity contribution in [1.82, 2.24) is 9.97 Å². The van der Waals surface area contributed by atoms with Gasteiger partial charge in [-0.15, -0.1) is 0 Å². The average molecular weight is 272 g/mol. The lowest BCUT2D eigenvalue weighted by Crippen LogP contribution is -2.05. The molecule has 2 rings (SSSR count). The van der Waals surface area contributed by atoms with Gasteiger partial charge in [-0.25, -0.2) is 9.97 Å². The predicted octanol–water partition coefficient (Wildman–Crippen LogP) is 3.36. The van der Waals surface area contributed by atoms with Gasteiger partial charge >= 0.3 is 0 Å². The summed E-state index contributed by atoms with van der Waals surface area (Å²) in [6.45, 7) is 5.88. The van der Waals surface area contributed by atoms with Crippen LogP contribution in [0.4, 0.5) is 17.3 Å². The molecule has 0 saturated heterocycles. The summed E-state index contributed by atoms with van der Waals surface area (Å²) < 4.78 is 5.61. The Balaban J connectivity index is 2.11. The van der Waals surface area contributed by atoms with Gasteiger partial charge < -0.3 is 15.4 Å². The van der Waals surface area contributed by atoms with Gasteiger partial charge in [0.15, 0.2) is 0 Å². The van der Waals surface area contributed by atoms with Gasteiger partial charge in [-0.05, 0) is 45.0 Å². The van der Waals surface area contributed by atoms with Crippen LogP contribution >= 0.6 is 0 Å². The van der Waals surface area contributed by atoms with Gasteiger partial charge in [0.1, 0.15) is 23.2 Å². The third-order valence-electron chi connectivity index (χ3n) is 2.59. The average Bonchev–Trinajstić information content (AvgIpc) is 2.39. The number of aromatic nitrogens is 2. The zero-order chi connectivity index (χ0) is 14.5. The Morgan fingerprint density at radius 3 is 2.30 bits per heavy atom. The Morgan fingerprint density at radius 2 is 1.70 bits per heavy atom. The molecule has 1 aromatic heterocycles. The number of nitrogens with one attached hydrogen (secondary N) is 2. The Hall–Kier alpha value is -2.30. The molecule has 2 aromatic rings. The molecule has 0 radical (unpaired) electrons. The third kappa shape index (κ3) is 3.85. The van der Waals surface area contributed by atoms with E-state index in [1.54, 1.807) is 0 Å². The fourth-order valence-corrected chi connectivity index (χ4v) is 1.80. The highest BCUT2D eigenvalue weighted by Crippen LogP contribution is 2.21. The maximum Gasteiger partial charge on any atom is 0.136 e. The fourth-order valence-electron chi connectivity index (χ4n) is 1.80. The summed E-state index contributed by atoms with van der Waals surface area (Å²) in [5.74, 6) is 3.14. The summed E-state index contributed by atoms with van der Waals surface area (Å²) in [4.78, 5) is 8.61. The number of hydrogen-bond donors (Lipinski definition) is 2. The smallest absolute Gasteiger partial charge is 0.136 e. The highest BCUT2D eigenvalue weighted by Gasteiger charge is 2.02. The van der Waals surface area contributed by atoms with Crippen molar-refractivity contribution in [2.75, 3.05) is 17.7 Å². The van der Waals surface area contributed by atoms with Gasteiger partial charge in [0.25, 0.3) is 0 Å². The highest BCUT2D eigenvalue weighted by atomic mass is 16.5. The van der Waals surface area contributed by atoms with Crippen molar-refractivity contribution in [2.45, 2.75) is 26.9 Å². The molecule has 5 heteroatoms. The summed E-state index contributed by atoms with van der Waals surface area (Å²) in [6, 6.07) is 9.68. The summed E-state index contributed by atoms with van der Waals surface area (Å²) >= 11 is 0. The number of nitrogens with zero attached hydrogens (tertiary/aromatic N) is 2. The van der Waals surface area contributed by atoms with Crippen molar-refractivity contribution in [3.8, 4) is 5.75 Å². The van der Waals surface area contributed by atoms with E-state index in [1.807, 2.05) is 58.2 Å². The second-order valence-corrected chi connectivity index (χ2v) is 4.75. The van der Waals surface area contributed by atoms with E-state index in [0.717, 1.165) is 28.9 Å². The molecule has 0 saturated carbocycles. The zero-order valence-electron chi connectivity index (χ0n) is 12.3. The minimum atomic E-state index is 0.177. The minimum Gasteiger partial charge on any atom is -0.491 e. The molecule has 1 heterocycles. The van der Waals surface area contributed by atoms with E-state index < -0.39 is 0 Å². The van der Waals surface area contributed by atoms with Crippen LogP contribution in [0.25, 0.3) is 0 Å². The first-order valence-electron chi connectivity index (χ1n) is 6.64. The lowest BCUT2D eigenvalue weighted by molar-refractivity contribution is 0.242. The Kier molecular flexibility index (Phi) is 4.40. The van der Waals surface area contributed by atoms with Gasteiger partial charge in [-0.2, -0.15) is 0 Å². The number of hydrogen-bond acceptors (Lipinski definition) is 5. The van der Waals surface area contributed by atoms with E-state index >= 15 is 0 Å². The molecular formula is C15H20N4O. The van der Waals surface area contributed by atoms with E-state index in [4.69, 9.17) is 4.74 Å². The van der Waals surface area contributed by atoms with Crippen LogP contribution in [0.2, 0.25) is 0 Å². The number of rotatable bonds is 5. The Bertz CT molecular complexity index is 567. The molecule has 1 aromatic carbocycles. The monoisotopic (exact) mass is 272 g/mol. The number of ether oxygens (including phenoxy) is 1. The molecule has 2 N–H and O–H groups in total. The molecular weight excluding hydrogens is 252 g/mol. The summed E-state index contributed by atoms with van der Waals surface area (Å²) in [5.41, 5.74) is 0.959. The molecule has 20 heavy (non-hydrogen) atoms. The quantitative estimate of drug-likeness (QED) is 0.874. The van der Waals surface area contributed by atoms with Crippen LogP contribution in [0, 0.1) is 6.92 Å². The molecule has 5 nitrogen and oxygen atoms in total. The molecule has 0 aliphatic carbocycles. The molecule has 0 spiro atoms. The first-order valence-corrected chi connectivity index (χ1v) is 6.64. The Morgan fingerprint density at radius 1 is 1.05 bits per heavy atom. The normalized spacial score (nSPS) is 10.4. The second kappa shape index (κ2) is 6.23. The maximum absolute atomic E-state index is 5.61. The molecule has 0 bridgehead atoms. The van der Waals surface area contributed by atoms with Gasteiger partial charge in [0.05, 0.1) is 6.10 Å².